The number of rotatable bonds is 9. The second-order valence-corrected chi connectivity index (χ2v) is 11.5. The van der Waals surface area contributed by atoms with E-state index in [-0.39, 0.29) is 47.5 Å². The van der Waals surface area contributed by atoms with Gasteiger partial charge in [-0.1, -0.05) is 0 Å². The Morgan fingerprint density at radius 3 is 2.63 bits per heavy atom. The molecular formula is C29H38F2N6O4. The van der Waals surface area contributed by atoms with E-state index in [4.69, 9.17) is 9.47 Å². The van der Waals surface area contributed by atoms with Crippen LogP contribution >= 0.6 is 0 Å². The van der Waals surface area contributed by atoms with E-state index in [0.717, 1.165) is 25.9 Å². The molecule has 2 atom stereocenters. The van der Waals surface area contributed by atoms with Crippen LogP contribution in [0, 0.1) is 11.2 Å². The van der Waals surface area contributed by atoms with Crippen LogP contribution in [0.5, 0.6) is 11.5 Å². The molecule has 1 aromatic carbocycles. The van der Waals surface area contributed by atoms with E-state index < -0.39 is 18.0 Å². The summed E-state index contributed by atoms with van der Waals surface area (Å²) in [4.78, 5) is 40.4. The highest BCUT2D eigenvalue weighted by Crippen LogP contribution is 2.45. The van der Waals surface area contributed by atoms with E-state index in [1.807, 2.05) is 18.7 Å². The topological polar surface area (TPSA) is 100 Å². The molecule has 1 aromatic heterocycles. The molecule has 0 aliphatic carbocycles. The fraction of sp³-hybridized carbons (Fsp3) is 0.586. The summed E-state index contributed by atoms with van der Waals surface area (Å²) in [5.74, 6) is 0.277. The maximum Gasteiger partial charge on any atom is 0.258 e. The van der Waals surface area contributed by atoms with E-state index in [9.17, 15) is 18.4 Å². The Labute approximate surface area is 239 Å². The minimum absolute atomic E-state index is 0.00873. The number of aromatic nitrogens is 2. The summed E-state index contributed by atoms with van der Waals surface area (Å²) in [5, 5.41) is 2.99. The number of methoxy groups -OCH3 is 1. The zero-order chi connectivity index (χ0) is 29.1. The summed E-state index contributed by atoms with van der Waals surface area (Å²) in [6.07, 6.45) is 3.98. The van der Waals surface area contributed by atoms with Gasteiger partial charge in [-0.3, -0.25) is 9.59 Å². The zero-order valence-corrected chi connectivity index (χ0v) is 23.8. The lowest BCUT2D eigenvalue weighted by Crippen LogP contribution is -2.62. The normalized spacial score (nSPS) is 21.7. The highest BCUT2D eigenvalue weighted by Gasteiger charge is 2.47. The number of carbonyl (C=O) groups excluding carboxylic acids is 2. The van der Waals surface area contributed by atoms with Gasteiger partial charge in [0.1, 0.15) is 24.1 Å². The first-order valence-corrected chi connectivity index (χ1v) is 14.2. The molecule has 2 aromatic rings. The average Bonchev–Trinajstić information content (AvgIpc) is 3.39. The SMILES string of the molecule is COCCN(C(=O)c1cc(F)ccc1Oc1cncnc1N1CC2(CCN(C(=O)[C@@H]3C[C@@H](F)CN3)CC2)C1)C(C)C. The molecule has 4 heterocycles. The molecule has 3 aliphatic heterocycles. The molecule has 2 amide bonds. The molecule has 10 nitrogen and oxygen atoms in total. The van der Waals surface area contributed by atoms with Crippen molar-refractivity contribution < 1.29 is 27.8 Å². The number of nitrogens with one attached hydrogen (secondary N) is 1. The van der Waals surface area contributed by atoms with Crippen LogP contribution in [-0.4, -0.2) is 103 Å². The minimum Gasteiger partial charge on any atom is -0.451 e. The van der Waals surface area contributed by atoms with E-state index >= 15 is 0 Å². The molecule has 3 saturated heterocycles. The van der Waals surface area contributed by atoms with Crippen molar-refractivity contribution in [1.82, 2.24) is 25.1 Å². The van der Waals surface area contributed by atoms with Gasteiger partial charge in [-0.05, 0) is 44.9 Å². The summed E-state index contributed by atoms with van der Waals surface area (Å²) < 4.78 is 39.2. The number of ether oxygens (including phenoxy) is 2. The predicted octanol–water partition coefficient (Wildman–Crippen LogP) is 3.03. The highest BCUT2D eigenvalue weighted by atomic mass is 19.1. The lowest BCUT2D eigenvalue weighted by molar-refractivity contribution is -0.135. The Morgan fingerprint density at radius 1 is 1.22 bits per heavy atom. The van der Waals surface area contributed by atoms with Crippen molar-refractivity contribution in [2.75, 3.05) is 57.9 Å². The number of anilines is 1. The fourth-order valence-corrected chi connectivity index (χ4v) is 5.97. The Hall–Kier alpha value is -3.38. The number of alkyl halides is 1. The number of benzene rings is 1. The van der Waals surface area contributed by atoms with Gasteiger partial charge in [-0.25, -0.2) is 18.7 Å². The molecule has 0 saturated carbocycles. The highest BCUT2D eigenvalue weighted by molar-refractivity contribution is 5.97. The number of hydrogen-bond acceptors (Lipinski definition) is 8. The Kier molecular flexibility index (Phi) is 8.69. The number of amides is 2. The van der Waals surface area contributed by atoms with Gasteiger partial charge in [0.05, 0.1) is 24.4 Å². The van der Waals surface area contributed by atoms with Crippen molar-refractivity contribution in [3.05, 3.63) is 42.1 Å². The first kappa shape index (κ1) is 29.1. The largest absolute Gasteiger partial charge is 0.451 e. The average molecular weight is 573 g/mol. The smallest absolute Gasteiger partial charge is 0.258 e. The molecule has 0 unspecified atom stereocenters. The summed E-state index contributed by atoms with van der Waals surface area (Å²) in [5.41, 5.74) is 0.165. The number of halogens is 2. The van der Waals surface area contributed by atoms with Crippen molar-refractivity contribution >= 4 is 17.6 Å². The summed E-state index contributed by atoms with van der Waals surface area (Å²) in [7, 11) is 1.56. The maximum atomic E-state index is 14.3. The zero-order valence-electron chi connectivity index (χ0n) is 23.8. The van der Waals surface area contributed by atoms with Crippen LogP contribution in [-0.2, 0) is 9.53 Å². The Bertz CT molecular complexity index is 1250. The van der Waals surface area contributed by atoms with E-state index in [0.29, 0.717) is 37.8 Å². The molecule has 3 aliphatic rings. The molecule has 41 heavy (non-hydrogen) atoms. The van der Waals surface area contributed by atoms with Crippen molar-refractivity contribution in [2.24, 2.45) is 5.41 Å². The first-order chi connectivity index (χ1) is 19.7. The van der Waals surface area contributed by atoms with Crippen molar-refractivity contribution in [3.8, 4) is 11.5 Å². The number of carbonyl (C=O) groups is 2. The van der Waals surface area contributed by atoms with Gasteiger partial charge in [-0.2, -0.15) is 0 Å². The third kappa shape index (κ3) is 6.28. The molecule has 1 spiro atoms. The van der Waals surface area contributed by atoms with E-state index in [1.165, 1.54) is 24.5 Å². The standard InChI is InChI=1S/C29H38F2N6O4/c1-19(2)37(10-11-40-3)27(38)22-12-20(30)4-5-24(22)41-25-15-32-18-34-26(25)36-16-29(17-36)6-8-35(9-7-29)28(39)23-13-21(31)14-33-23/h4-5,12,15,18-19,21,23,33H,6-11,13-14,16-17H2,1-3H3/t21-,23+/m1/s1. The van der Waals surface area contributed by atoms with E-state index in [2.05, 4.69) is 20.2 Å². The monoisotopic (exact) mass is 572 g/mol. The third-order valence-corrected chi connectivity index (χ3v) is 8.33. The van der Waals surface area contributed by atoms with Gasteiger partial charge < -0.3 is 29.5 Å². The lowest BCUT2D eigenvalue weighted by atomic mass is 9.72. The molecule has 0 bridgehead atoms. The second kappa shape index (κ2) is 12.2. The number of piperidine rings is 1. The first-order valence-electron chi connectivity index (χ1n) is 14.2. The van der Waals surface area contributed by atoms with Crippen molar-refractivity contribution in [3.63, 3.8) is 0 Å². The van der Waals surface area contributed by atoms with Gasteiger partial charge in [0, 0.05) is 64.3 Å². The second-order valence-electron chi connectivity index (χ2n) is 11.5. The summed E-state index contributed by atoms with van der Waals surface area (Å²) in [6, 6.07) is 3.34. The Balaban J connectivity index is 1.26. The number of hydrogen-bond donors (Lipinski definition) is 1. The molecular weight excluding hydrogens is 534 g/mol. The molecule has 3 fully saturated rings. The molecule has 5 rings (SSSR count). The number of nitrogens with zero attached hydrogens (tertiary/aromatic N) is 5. The summed E-state index contributed by atoms with van der Waals surface area (Å²) >= 11 is 0. The van der Waals surface area contributed by atoms with Crippen LogP contribution in [0.1, 0.15) is 43.5 Å². The van der Waals surface area contributed by atoms with Crippen LogP contribution in [0.3, 0.4) is 0 Å². The summed E-state index contributed by atoms with van der Waals surface area (Å²) in [6.45, 7) is 7.50. The Morgan fingerprint density at radius 2 is 1.98 bits per heavy atom. The predicted molar refractivity (Wildman–Crippen MR) is 148 cm³/mol. The van der Waals surface area contributed by atoms with Crippen LogP contribution < -0.4 is 15.0 Å². The minimum atomic E-state index is -0.960. The van der Waals surface area contributed by atoms with Crippen LogP contribution in [0.15, 0.2) is 30.7 Å². The van der Waals surface area contributed by atoms with Gasteiger partial charge >= 0.3 is 0 Å². The van der Waals surface area contributed by atoms with Crippen LogP contribution in [0.4, 0.5) is 14.6 Å². The quantitative estimate of drug-likeness (QED) is 0.490. The van der Waals surface area contributed by atoms with Gasteiger partial charge in [0.2, 0.25) is 5.91 Å². The fourth-order valence-electron chi connectivity index (χ4n) is 5.97. The maximum absolute atomic E-state index is 14.3. The van der Waals surface area contributed by atoms with Gasteiger partial charge in [-0.15, -0.1) is 0 Å². The third-order valence-electron chi connectivity index (χ3n) is 8.33. The van der Waals surface area contributed by atoms with Crippen LogP contribution in [0.25, 0.3) is 0 Å². The molecule has 1 N–H and O–H groups in total. The van der Waals surface area contributed by atoms with Gasteiger partial charge in [0.15, 0.2) is 11.6 Å². The van der Waals surface area contributed by atoms with Crippen molar-refractivity contribution in [1.29, 1.82) is 0 Å². The molecule has 12 heteroatoms. The number of likely N-dealkylation sites (tertiary alicyclic amines) is 1. The molecule has 0 radical (unpaired) electrons. The van der Waals surface area contributed by atoms with Crippen LogP contribution in [0.2, 0.25) is 0 Å². The lowest BCUT2D eigenvalue weighted by Gasteiger charge is -2.54. The van der Waals surface area contributed by atoms with Crippen molar-refractivity contribution in [2.45, 2.75) is 51.4 Å². The van der Waals surface area contributed by atoms with Gasteiger partial charge in [0.25, 0.3) is 5.91 Å². The molecule has 222 valence electrons. The van der Waals surface area contributed by atoms with E-state index in [1.54, 1.807) is 18.2 Å².